The number of hydrogen-bond acceptors (Lipinski definition) is 4. The van der Waals surface area contributed by atoms with Crippen molar-refractivity contribution in [3.8, 4) is 11.3 Å². The summed E-state index contributed by atoms with van der Waals surface area (Å²) in [6.45, 7) is 1.87. The fourth-order valence-electron chi connectivity index (χ4n) is 2.74. The van der Waals surface area contributed by atoms with Crippen molar-refractivity contribution >= 4 is 39.1 Å². The summed E-state index contributed by atoms with van der Waals surface area (Å²) in [4.78, 5) is 6.74. The first-order chi connectivity index (χ1) is 10.7. The molecule has 0 amide bonds. The largest absolute Gasteiger partial charge is 0.358 e. The topological polar surface area (TPSA) is 28.5 Å². The molecule has 3 nitrogen and oxygen atoms in total. The Morgan fingerprint density at radius 2 is 1.86 bits per heavy atom. The molecular weight excluding hydrogens is 314 g/mol. The summed E-state index contributed by atoms with van der Waals surface area (Å²) in [5, 5.41) is 1.85. The first kappa shape index (κ1) is 13.7. The van der Waals surface area contributed by atoms with E-state index in [0.29, 0.717) is 0 Å². The minimum atomic E-state index is 0.743. The Balaban J connectivity index is 1.75. The lowest BCUT2D eigenvalue weighted by Gasteiger charge is -2.13. The minimum Gasteiger partial charge on any atom is -0.358 e. The lowest BCUT2D eigenvalue weighted by atomic mass is 10.1. The van der Waals surface area contributed by atoms with Crippen molar-refractivity contribution in [1.82, 2.24) is 9.27 Å². The molecule has 0 saturated carbocycles. The third kappa shape index (κ3) is 2.28. The summed E-state index contributed by atoms with van der Waals surface area (Å²) in [5.74, 6) is 1.07. The van der Waals surface area contributed by atoms with Gasteiger partial charge in [0.1, 0.15) is 5.84 Å². The van der Waals surface area contributed by atoms with E-state index in [9.17, 15) is 0 Å². The van der Waals surface area contributed by atoms with Crippen LogP contribution >= 0.6 is 23.1 Å². The van der Waals surface area contributed by atoms with Crippen LogP contribution in [0.2, 0.25) is 5.02 Å². The second-order valence-electron chi connectivity index (χ2n) is 5.38. The van der Waals surface area contributed by atoms with E-state index in [1.807, 2.05) is 18.2 Å². The molecule has 4 rings (SSSR count). The maximum atomic E-state index is 6.12. The summed E-state index contributed by atoms with van der Waals surface area (Å²) >= 11 is 7.62. The highest BCUT2D eigenvalue weighted by Crippen LogP contribution is 2.32. The Morgan fingerprint density at radius 3 is 2.59 bits per heavy atom. The summed E-state index contributed by atoms with van der Waals surface area (Å²) in [5.41, 5.74) is 3.26. The number of halogens is 1. The maximum absolute atomic E-state index is 6.12. The molecule has 22 heavy (non-hydrogen) atoms. The van der Waals surface area contributed by atoms with E-state index >= 15 is 0 Å². The number of rotatable bonds is 2. The first-order valence-electron chi connectivity index (χ1n) is 7.14. The van der Waals surface area contributed by atoms with Gasteiger partial charge in [0.15, 0.2) is 0 Å². The lowest BCUT2D eigenvalue weighted by Crippen LogP contribution is -2.23. The van der Waals surface area contributed by atoms with Crippen LogP contribution in [0.4, 0.5) is 0 Å². The number of benzene rings is 2. The Bertz CT molecular complexity index is 867. The van der Waals surface area contributed by atoms with Crippen LogP contribution in [-0.4, -0.2) is 35.2 Å². The third-order valence-electron chi connectivity index (χ3n) is 3.91. The van der Waals surface area contributed by atoms with Crippen molar-refractivity contribution in [3.05, 3.63) is 53.1 Å². The molecule has 0 bridgehead atoms. The quantitative estimate of drug-likeness (QED) is 0.701. The lowest BCUT2D eigenvalue weighted by molar-refractivity contribution is 0.557. The van der Waals surface area contributed by atoms with Gasteiger partial charge in [0.25, 0.3) is 0 Å². The molecule has 0 fully saturated rings. The number of nitrogens with zero attached hydrogens (tertiary/aromatic N) is 3. The minimum absolute atomic E-state index is 0.743. The molecular formula is C17H14ClN3S. The van der Waals surface area contributed by atoms with E-state index in [4.69, 9.17) is 11.6 Å². The van der Waals surface area contributed by atoms with Crippen molar-refractivity contribution in [2.45, 2.75) is 0 Å². The SMILES string of the molecule is CN1CCN=C1c1ccc(-c2nsc3ccc(Cl)cc23)cc1. The fourth-order valence-corrected chi connectivity index (χ4v) is 3.69. The van der Waals surface area contributed by atoms with Crippen molar-refractivity contribution in [1.29, 1.82) is 0 Å². The van der Waals surface area contributed by atoms with Crippen molar-refractivity contribution in [3.63, 3.8) is 0 Å². The molecule has 1 aliphatic heterocycles. The van der Waals surface area contributed by atoms with Gasteiger partial charge in [-0.3, -0.25) is 4.99 Å². The average molecular weight is 328 g/mol. The molecule has 0 aliphatic carbocycles. The summed E-state index contributed by atoms with van der Waals surface area (Å²) in [6, 6.07) is 14.4. The van der Waals surface area contributed by atoms with Gasteiger partial charge in [-0.25, -0.2) is 0 Å². The van der Waals surface area contributed by atoms with Crippen LogP contribution < -0.4 is 0 Å². The number of hydrogen-bond donors (Lipinski definition) is 0. The highest BCUT2D eigenvalue weighted by molar-refractivity contribution is 7.13. The van der Waals surface area contributed by atoms with Gasteiger partial charge >= 0.3 is 0 Å². The summed E-state index contributed by atoms with van der Waals surface area (Å²) in [6.07, 6.45) is 0. The molecule has 0 unspecified atom stereocenters. The zero-order valence-electron chi connectivity index (χ0n) is 12.1. The second-order valence-corrected chi connectivity index (χ2v) is 6.62. The fraction of sp³-hybridized carbons (Fsp3) is 0.176. The highest BCUT2D eigenvalue weighted by atomic mass is 35.5. The molecule has 5 heteroatoms. The summed E-state index contributed by atoms with van der Waals surface area (Å²) < 4.78 is 5.75. The average Bonchev–Trinajstić information content (AvgIpc) is 3.13. The molecule has 0 N–H and O–H groups in total. The number of likely N-dealkylation sites (N-methyl/N-ethyl adjacent to an activating group) is 1. The molecule has 1 aromatic heterocycles. The van der Waals surface area contributed by atoms with Crippen LogP contribution in [0.25, 0.3) is 21.3 Å². The Kier molecular flexibility index (Phi) is 3.36. The van der Waals surface area contributed by atoms with Crippen molar-refractivity contribution in [2.24, 2.45) is 4.99 Å². The molecule has 110 valence electrons. The number of amidine groups is 1. The smallest absolute Gasteiger partial charge is 0.130 e. The van der Waals surface area contributed by atoms with E-state index in [-0.39, 0.29) is 0 Å². The van der Waals surface area contributed by atoms with E-state index in [0.717, 1.165) is 50.9 Å². The van der Waals surface area contributed by atoms with Gasteiger partial charge < -0.3 is 4.90 Å². The third-order valence-corrected chi connectivity index (χ3v) is 4.97. The predicted octanol–water partition coefficient (Wildman–Crippen LogP) is 4.31. The van der Waals surface area contributed by atoms with Gasteiger partial charge in [0, 0.05) is 35.1 Å². The molecule has 2 heterocycles. The van der Waals surface area contributed by atoms with Gasteiger partial charge in [-0.05, 0) is 29.7 Å². The zero-order valence-corrected chi connectivity index (χ0v) is 13.7. The monoisotopic (exact) mass is 327 g/mol. The molecule has 0 radical (unpaired) electrons. The summed E-state index contributed by atoms with van der Waals surface area (Å²) in [7, 11) is 2.08. The normalized spacial score (nSPS) is 14.6. The van der Waals surface area contributed by atoms with Gasteiger partial charge in [-0.15, -0.1) is 0 Å². The highest BCUT2D eigenvalue weighted by Gasteiger charge is 2.15. The number of fused-ring (bicyclic) bond motifs is 1. The predicted molar refractivity (Wildman–Crippen MR) is 94.1 cm³/mol. The van der Waals surface area contributed by atoms with Gasteiger partial charge in [-0.2, -0.15) is 4.37 Å². The second kappa shape index (κ2) is 5.38. The van der Waals surface area contributed by atoms with Crippen LogP contribution in [0.3, 0.4) is 0 Å². The van der Waals surface area contributed by atoms with E-state index < -0.39 is 0 Å². The van der Waals surface area contributed by atoms with E-state index in [1.54, 1.807) is 0 Å². The number of aliphatic imine (C=N–C) groups is 1. The number of aromatic nitrogens is 1. The van der Waals surface area contributed by atoms with Crippen LogP contribution in [0.1, 0.15) is 5.56 Å². The molecule has 0 atom stereocenters. The van der Waals surface area contributed by atoms with Crippen molar-refractivity contribution < 1.29 is 0 Å². The Labute approximate surface area is 138 Å². The van der Waals surface area contributed by atoms with E-state index in [1.165, 1.54) is 11.5 Å². The molecule has 1 aliphatic rings. The van der Waals surface area contributed by atoms with Crippen LogP contribution in [0, 0.1) is 0 Å². The van der Waals surface area contributed by atoms with E-state index in [2.05, 4.69) is 45.6 Å². The molecule has 0 spiro atoms. The van der Waals surface area contributed by atoms with Crippen LogP contribution in [0.5, 0.6) is 0 Å². The van der Waals surface area contributed by atoms with Crippen LogP contribution in [0.15, 0.2) is 47.5 Å². The van der Waals surface area contributed by atoms with Crippen LogP contribution in [-0.2, 0) is 0 Å². The Morgan fingerprint density at radius 1 is 1.09 bits per heavy atom. The molecule has 2 aromatic carbocycles. The van der Waals surface area contributed by atoms with Gasteiger partial charge in [-0.1, -0.05) is 35.9 Å². The molecule has 0 saturated heterocycles. The van der Waals surface area contributed by atoms with Crippen molar-refractivity contribution in [2.75, 3.05) is 20.1 Å². The van der Waals surface area contributed by atoms with Gasteiger partial charge in [0.05, 0.1) is 16.9 Å². The van der Waals surface area contributed by atoms with Gasteiger partial charge in [0.2, 0.25) is 0 Å². The zero-order chi connectivity index (χ0) is 15.1. The molecule has 3 aromatic rings. The first-order valence-corrected chi connectivity index (χ1v) is 8.29. The Hall–Kier alpha value is -1.91. The maximum Gasteiger partial charge on any atom is 0.130 e. The standard InChI is InChI=1S/C17H14ClN3S/c1-21-9-8-19-17(21)12-4-2-11(3-5-12)16-14-10-13(18)6-7-15(14)22-20-16/h2-7,10H,8-9H2,1H3.